The zero-order chi connectivity index (χ0) is 20.8. The molecule has 3 aromatic rings. The summed E-state index contributed by atoms with van der Waals surface area (Å²) in [5, 5.41) is 7.33. The Morgan fingerprint density at radius 2 is 1.97 bits per heavy atom. The van der Waals surface area contributed by atoms with Crippen LogP contribution < -0.4 is 15.8 Å². The summed E-state index contributed by atoms with van der Waals surface area (Å²) in [6, 6.07) is 17.1. The van der Waals surface area contributed by atoms with Gasteiger partial charge in [-0.2, -0.15) is 5.10 Å². The molecule has 30 heavy (non-hydrogen) atoms. The van der Waals surface area contributed by atoms with E-state index in [4.69, 9.17) is 0 Å². The molecule has 2 aromatic heterocycles. The van der Waals surface area contributed by atoms with Crippen LogP contribution >= 0.6 is 0 Å². The Labute approximate surface area is 175 Å². The highest BCUT2D eigenvalue weighted by molar-refractivity contribution is 5.79. The van der Waals surface area contributed by atoms with Gasteiger partial charge < -0.3 is 10.2 Å². The molecule has 1 amide bonds. The van der Waals surface area contributed by atoms with Crippen molar-refractivity contribution in [1.82, 2.24) is 20.1 Å². The molecule has 1 atom stereocenters. The molecule has 1 aliphatic rings. The van der Waals surface area contributed by atoms with E-state index < -0.39 is 0 Å². The third-order valence-corrected chi connectivity index (χ3v) is 5.36. The van der Waals surface area contributed by atoms with Crippen LogP contribution in [0.1, 0.15) is 24.1 Å². The van der Waals surface area contributed by atoms with Crippen molar-refractivity contribution in [3.8, 4) is 0 Å². The molecule has 1 aromatic carbocycles. The van der Waals surface area contributed by atoms with E-state index in [9.17, 15) is 9.59 Å². The van der Waals surface area contributed by atoms with E-state index in [0.29, 0.717) is 19.6 Å². The van der Waals surface area contributed by atoms with Crippen molar-refractivity contribution in [2.45, 2.75) is 25.9 Å². The second-order valence-corrected chi connectivity index (χ2v) is 7.52. The summed E-state index contributed by atoms with van der Waals surface area (Å²) < 4.78 is 1.46. The molecule has 0 spiro atoms. The first-order valence-electron chi connectivity index (χ1n) is 10.2. The van der Waals surface area contributed by atoms with E-state index in [-0.39, 0.29) is 17.4 Å². The molecule has 0 radical (unpaired) electrons. The number of amides is 1. The van der Waals surface area contributed by atoms with E-state index >= 15 is 0 Å². The minimum atomic E-state index is -0.141. The van der Waals surface area contributed by atoms with Gasteiger partial charge in [0.1, 0.15) is 0 Å². The number of nitrogens with one attached hydrogen (secondary N) is 1. The van der Waals surface area contributed by atoms with Gasteiger partial charge in [-0.1, -0.05) is 36.4 Å². The number of piperidine rings is 1. The first-order valence-corrected chi connectivity index (χ1v) is 10.2. The maximum Gasteiger partial charge on any atom is 0.269 e. The number of benzene rings is 1. The lowest BCUT2D eigenvalue weighted by Gasteiger charge is -2.33. The van der Waals surface area contributed by atoms with E-state index in [1.165, 1.54) is 4.68 Å². The van der Waals surface area contributed by atoms with Crippen LogP contribution in [0.25, 0.3) is 0 Å². The number of carbonyl (C=O) groups is 1. The number of nitrogens with zero attached hydrogens (tertiary/aromatic N) is 4. The highest BCUT2D eigenvalue weighted by atomic mass is 16.2. The molecule has 1 saturated heterocycles. The maximum absolute atomic E-state index is 12.6. The summed E-state index contributed by atoms with van der Waals surface area (Å²) in [7, 11) is 0. The predicted octanol–water partition coefficient (Wildman–Crippen LogP) is 2.22. The van der Waals surface area contributed by atoms with Crippen LogP contribution in [-0.2, 0) is 17.9 Å². The lowest BCUT2D eigenvalue weighted by atomic mass is 9.97. The second-order valence-electron chi connectivity index (χ2n) is 7.52. The number of hydrogen-bond acceptors (Lipinski definition) is 5. The molecule has 0 aliphatic carbocycles. The van der Waals surface area contributed by atoms with Gasteiger partial charge >= 0.3 is 0 Å². The standard InChI is InChI=1S/C23H25N5O2/c29-22-13-21(15-26-28(22)16-18-7-2-1-3-8-18)27-12-6-9-19(17-27)23(30)25-14-20-10-4-5-11-24-20/h1-5,7-8,10-11,13,15,19H,6,9,12,14,16-17H2,(H,25,30)/t19-/m0/s1. The lowest BCUT2D eigenvalue weighted by molar-refractivity contribution is -0.125. The Balaban J connectivity index is 1.38. The number of anilines is 1. The lowest BCUT2D eigenvalue weighted by Crippen LogP contribution is -2.43. The highest BCUT2D eigenvalue weighted by Crippen LogP contribution is 2.22. The van der Waals surface area contributed by atoms with E-state index in [1.54, 1.807) is 18.5 Å². The molecule has 0 bridgehead atoms. The highest BCUT2D eigenvalue weighted by Gasteiger charge is 2.26. The smallest absolute Gasteiger partial charge is 0.269 e. The monoisotopic (exact) mass is 403 g/mol. The molecule has 0 saturated carbocycles. The Kier molecular flexibility index (Phi) is 6.17. The first-order chi connectivity index (χ1) is 14.7. The average molecular weight is 403 g/mol. The summed E-state index contributed by atoms with van der Waals surface area (Å²) in [4.78, 5) is 31.5. The van der Waals surface area contributed by atoms with Crippen molar-refractivity contribution < 1.29 is 4.79 Å². The molecular formula is C23H25N5O2. The summed E-state index contributed by atoms with van der Waals surface area (Å²) in [6.07, 6.45) is 5.17. The largest absolute Gasteiger partial charge is 0.369 e. The van der Waals surface area contributed by atoms with Gasteiger partial charge in [0.15, 0.2) is 0 Å². The van der Waals surface area contributed by atoms with Crippen LogP contribution in [0.4, 0.5) is 5.69 Å². The molecule has 7 heteroatoms. The summed E-state index contributed by atoms with van der Waals surface area (Å²) in [6.45, 7) is 2.26. The normalized spacial score (nSPS) is 16.3. The fraction of sp³-hybridized carbons (Fsp3) is 0.304. The number of hydrogen-bond donors (Lipinski definition) is 1. The Morgan fingerprint density at radius 1 is 1.13 bits per heavy atom. The van der Waals surface area contributed by atoms with Crippen molar-refractivity contribution in [3.63, 3.8) is 0 Å². The molecule has 3 heterocycles. The Morgan fingerprint density at radius 3 is 2.73 bits per heavy atom. The van der Waals surface area contributed by atoms with Gasteiger partial charge in [-0.25, -0.2) is 4.68 Å². The zero-order valence-corrected chi connectivity index (χ0v) is 16.8. The Bertz CT molecular complexity index is 1040. The van der Waals surface area contributed by atoms with Crippen LogP contribution in [0, 0.1) is 5.92 Å². The van der Waals surface area contributed by atoms with E-state index in [0.717, 1.165) is 36.3 Å². The quantitative estimate of drug-likeness (QED) is 0.683. The first kappa shape index (κ1) is 19.8. The molecule has 4 rings (SSSR count). The van der Waals surface area contributed by atoms with Crippen molar-refractivity contribution in [1.29, 1.82) is 0 Å². The maximum atomic E-state index is 12.6. The summed E-state index contributed by atoms with van der Waals surface area (Å²) >= 11 is 0. The van der Waals surface area contributed by atoms with Crippen molar-refractivity contribution in [3.05, 3.63) is 88.6 Å². The minimum Gasteiger partial charge on any atom is -0.369 e. The topological polar surface area (TPSA) is 80.1 Å². The molecule has 1 fully saturated rings. The fourth-order valence-corrected chi connectivity index (χ4v) is 3.72. The van der Waals surface area contributed by atoms with Gasteiger partial charge in [-0.3, -0.25) is 14.6 Å². The van der Waals surface area contributed by atoms with Crippen LogP contribution in [0.2, 0.25) is 0 Å². The third kappa shape index (κ3) is 4.92. The van der Waals surface area contributed by atoms with Crippen molar-refractivity contribution >= 4 is 11.6 Å². The van der Waals surface area contributed by atoms with E-state index in [2.05, 4.69) is 20.3 Å². The third-order valence-electron chi connectivity index (χ3n) is 5.36. The average Bonchev–Trinajstić information content (AvgIpc) is 2.80. The number of carbonyl (C=O) groups excluding carboxylic acids is 1. The zero-order valence-electron chi connectivity index (χ0n) is 16.8. The second kappa shape index (κ2) is 9.35. The van der Waals surface area contributed by atoms with Gasteiger partial charge in [-0.15, -0.1) is 0 Å². The number of aromatic nitrogens is 3. The molecule has 1 N–H and O–H groups in total. The van der Waals surface area contributed by atoms with Gasteiger partial charge in [0.2, 0.25) is 5.91 Å². The molecule has 0 unspecified atom stereocenters. The van der Waals surface area contributed by atoms with E-state index in [1.807, 2.05) is 48.5 Å². The van der Waals surface area contributed by atoms with Crippen LogP contribution in [0.15, 0.2) is 71.8 Å². The van der Waals surface area contributed by atoms with Crippen LogP contribution in [0.5, 0.6) is 0 Å². The van der Waals surface area contributed by atoms with Gasteiger partial charge in [0, 0.05) is 25.4 Å². The summed E-state index contributed by atoms with van der Waals surface area (Å²) in [5.41, 5.74) is 2.50. The van der Waals surface area contributed by atoms with Crippen molar-refractivity contribution in [2.75, 3.05) is 18.0 Å². The van der Waals surface area contributed by atoms with Gasteiger partial charge in [0.25, 0.3) is 5.56 Å². The van der Waals surface area contributed by atoms with Crippen LogP contribution in [-0.4, -0.2) is 33.8 Å². The van der Waals surface area contributed by atoms with Crippen molar-refractivity contribution in [2.24, 2.45) is 5.92 Å². The number of pyridine rings is 1. The molecule has 7 nitrogen and oxygen atoms in total. The SMILES string of the molecule is O=C(NCc1ccccn1)[C@H]1CCCN(c2cnn(Cc3ccccc3)c(=O)c2)C1. The fourth-order valence-electron chi connectivity index (χ4n) is 3.72. The molecule has 154 valence electrons. The van der Waals surface area contributed by atoms with Crippen LogP contribution in [0.3, 0.4) is 0 Å². The number of rotatable bonds is 6. The predicted molar refractivity (Wildman–Crippen MR) is 115 cm³/mol. The van der Waals surface area contributed by atoms with Gasteiger partial charge in [-0.05, 0) is 30.5 Å². The van der Waals surface area contributed by atoms with Gasteiger partial charge in [0.05, 0.1) is 36.6 Å². The molecule has 1 aliphatic heterocycles. The molecular weight excluding hydrogens is 378 g/mol. The summed E-state index contributed by atoms with van der Waals surface area (Å²) in [5.74, 6) is -0.0926. The Hall–Kier alpha value is -3.48. The minimum absolute atomic E-state index is 0.0238.